The number of benzene rings is 1. The number of sulfonamides is 1. The lowest BCUT2D eigenvalue weighted by molar-refractivity contribution is 0.396. The maximum absolute atomic E-state index is 12.4. The monoisotopic (exact) mass is 331 g/mol. The molecule has 4 heteroatoms. The molecule has 1 atom stereocenters. The lowest BCUT2D eigenvalue weighted by Gasteiger charge is -2.36. The van der Waals surface area contributed by atoms with Crippen LogP contribution < -0.4 is 0 Å². The highest BCUT2D eigenvalue weighted by Gasteiger charge is 2.31. The summed E-state index contributed by atoms with van der Waals surface area (Å²) in [6, 6.07) is 10.1. The number of nitrogens with zero attached hydrogens (tertiary/aromatic N) is 1. The van der Waals surface area contributed by atoms with Crippen molar-refractivity contribution in [2.24, 2.45) is 0 Å². The molecule has 0 bridgehead atoms. The van der Waals surface area contributed by atoms with Gasteiger partial charge in [0.25, 0.3) is 0 Å². The van der Waals surface area contributed by atoms with Gasteiger partial charge < -0.3 is 0 Å². The molecule has 3 rings (SSSR count). The van der Waals surface area contributed by atoms with Gasteiger partial charge >= 0.3 is 0 Å². The van der Waals surface area contributed by atoms with Gasteiger partial charge in [0.05, 0.1) is 12.3 Å². The van der Waals surface area contributed by atoms with E-state index in [9.17, 15) is 8.42 Å². The Labute approximate surface area is 139 Å². The van der Waals surface area contributed by atoms with Crippen molar-refractivity contribution in [1.82, 2.24) is 4.31 Å². The van der Waals surface area contributed by atoms with Gasteiger partial charge in [-0.05, 0) is 42.4 Å². The number of fused-ring (bicyclic) bond motifs is 1. The Balaban J connectivity index is 2.03. The van der Waals surface area contributed by atoms with Gasteiger partial charge in [-0.3, -0.25) is 4.31 Å². The van der Waals surface area contributed by atoms with Crippen molar-refractivity contribution in [3.8, 4) is 0 Å². The first-order valence-electron chi connectivity index (χ1n) is 8.49. The van der Waals surface area contributed by atoms with Gasteiger partial charge in [0.15, 0.2) is 0 Å². The molecule has 0 fully saturated rings. The average Bonchev–Trinajstić information content (AvgIpc) is 2.65. The highest BCUT2D eigenvalue weighted by Crippen LogP contribution is 2.36. The van der Waals surface area contributed by atoms with Crippen molar-refractivity contribution in [1.29, 1.82) is 0 Å². The van der Waals surface area contributed by atoms with Crippen molar-refractivity contribution in [3.63, 3.8) is 0 Å². The van der Waals surface area contributed by atoms with E-state index in [1.165, 1.54) is 31.1 Å². The van der Waals surface area contributed by atoms with Crippen molar-refractivity contribution >= 4 is 15.6 Å². The Bertz CT molecular complexity index is 704. The van der Waals surface area contributed by atoms with Gasteiger partial charge in [0, 0.05) is 6.20 Å². The maximum Gasteiger partial charge on any atom is 0.232 e. The summed E-state index contributed by atoms with van der Waals surface area (Å²) >= 11 is 0. The largest absolute Gasteiger partial charge is 0.270 e. The molecular weight excluding hydrogens is 306 g/mol. The van der Waals surface area contributed by atoms with E-state index in [0.29, 0.717) is 0 Å². The SMILES string of the molecule is CS(=O)(=O)N1C=C(c2ccccc2)C/C2=C/CCCCCCC21. The van der Waals surface area contributed by atoms with Gasteiger partial charge in [-0.15, -0.1) is 0 Å². The van der Waals surface area contributed by atoms with Crippen LogP contribution in [0.2, 0.25) is 0 Å². The Hall–Kier alpha value is -1.55. The van der Waals surface area contributed by atoms with Crippen LogP contribution in [-0.2, 0) is 10.0 Å². The third-order valence-electron chi connectivity index (χ3n) is 4.78. The predicted octanol–water partition coefficient (Wildman–Crippen LogP) is 4.34. The molecule has 0 spiro atoms. The van der Waals surface area contributed by atoms with E-state index in [0.717, 1.165) is 36.8 Å². The summed E-state index contributed by atoms with van der Waals surface area (Å²) in [7, 11) is -3.26. The molecule has 0 aromatic heterocycles. The van der Waals surface area contributed by atoms with Crippen molar-refractivity contribution < 1.29 is 8.42 Å². The van der Waals surface area contributed by atoms with Crippen molar-refractivity contribution in [2.75, 3.05) is 6.26 Å². The minimum atomic E-state index is -3.26. The summed E-state index contributed by atoms with van der Waals surface area (Å²) in [5, 5.41) is 0. The molecule has 1 aliphatic carbocycles. The van der Waals surface area contributed by atoms with E-state index in [-0.39, 0.29) is 6.04 Å². The second-order valence-corrected chi connectivity index (χ2v) is 8.46. The van der Waals surface area contributed by atoms with Crippen LogP contribution in [0.1, 0.15) is 50.5 Å². The Morgan fingerprint density at radius 2 is 1.78 bits per heavy atom. The van der Waals surface area contributed by atoms with Crippen LogP contribution in [0.15, 0.2) is 48.2 Å². The van der Waals surface area contributed by atoms with Crippen LogP contribution in [0.4, 0.5) is 0 Å². The molecule has 1 unspecified atom stereocenters. The number of rotatable bonds is 2. The highest BCUT2D eigenvalue weighted by molar-refractivity contribution is 7.88. The second-order valence-electron chi connectivity index (χ2n) is 6.58. The summed E-state index contributed by atoms with van der Waals surface area (Å²) in [6.07, 6.45) is 13.1. The third-order valence-corrected chi connectivity index (χ3v) is 5.90. The Kier molecular flexibility index (Phi) is 4.90. The summed E-state index contributed by atoms with van der Waals surface area (Å²) < 4.78 is 26.3. The van der Waals surface area contributed by atoms with E-state index >= 15 is 0 Å². The summed E-state index contributed by atoms with van der Waals surface area (Å²) in [4.78, 5) is 0. The van der Waals surface area contributed by atoms with Crippen LogP contribution in [0.3, 0.4) is 0 Å². The lowest BCUT2D eigenvalue weighted by atomic mass is 9.89. The van der Waals surface area contributed by atoms with Gasteiger partial charge in [-0.25, -0.2) is 8.42 Å². The van der Waals surface area contributed by atoms with Crippen molar-refractivity contribution in [2.45, 2.75) is 51.0 Å². The summed E-state index contributed by atoms with van der Waals surface area (Å²) in [6.45, 7) is 0. The van der Waals surface area contributed by atoms with Crippen LogP contribution in [-0.4, -0.2) is 25.0 Å². The summed E-state index contributed by atoms with van der Waals surface area (Å²) in [5.41, 5.74) is 3.48. The zero-order chi connectivity index (χ0) is 16.3. The molecule has 0 saturated carbocycles. The average molecular weight is 331 g/mol. The molecule has 1 aromatic rings. The van der Waals surface area contributed by atoms with E-state index in [1.807, 2.05) is 24.4 Å². The van der Waals surface area contributed by atoms with Gasteiger partial charge in [0.2, 0.25) is 10.0 Å². The molecular formula is C19H25NO2S. The van der Waals surface area contributed by atoms with Crippen LogP contribution in [0.25, 0.3) is 5.57 Å². The smallest absolute Gasteiger partial charge is 0.232 e. The normalized spacial score (nSPS) is 25.3. The molecule has 1 aliphatic heterocycles. The zero-order valence-electron chi connectivity index (χ0n) is 13.7. The first kappa shape index (κ1) is 16.3. The highest BCUT2D eigenvalue weighted by atomic mass is 32.2. The molecule has 0 radical (unpaired) electrons. The fourth-order valence-electron chi connectivity index (χ4n) is 3.59. The van der Waals surface area contributed by atoms with Crippen LogP contribution >= 0.6 is 0 Å². The molecule has 1 aromatic carbocycles. The number of hydrogen-bond acceptors (Lipinski definition) is 2. The van der Waals surface area contributed by atoms with E-state index < -0.39 is 10.0 Å². The maximum atomic E-state index is 12.4. The lowest BCUT2D eigenvalue weighted by Crippen LogP contribution is -2.39. The molecule has 124 valence electrons. The number of allylic oxidation sites excluding steroid dienone is 2. The first-order chi connectivity index (χ1) is 11.1. The quantitative estimate of drug-likeness (QED) is 0.756. The van der Waals surface area contributed by atoms with Gasteiger partial charge in [0.1, 0.15) is 0 Å². The fraction of sp³-hybridized carbons (Fsp3) is 0.474. The van der Waals surface area contributed by atoms with Crippen LogP contribution in [0, 0.1) is 0 Å². The van der Waals surface area contributed by atoms with Gasteiger partial charge in [-0.1, -0.05) is 55.7 Å². The Morgan fingerprint density at radius 3 is 2.52 bits per heavy atom. The van der Waals surface area contributed by atoms with E-state index in [4.69, 9.17) is 0 Å². The van der Waals surface area contributed by atoms with E-state index in [1.54, 1.807) is 4.31 Å². The molecule has 0 N–H and O–H groups in total. The Morgan fingerprint density at radius 1 is 1.04 bits per heavy atom. The topological polar surface area (TPSA) is 37.4 Å². The number of hydrogen-bond donors (Lipinski definition) is 0. The molecule has 0 amide bonds. The molecule has 2 aliphatic rings. The second kappa shape index (κ2) is 6.91. The first-order valence-corrected chi connectivity index (χ1v) is 10.3. The fourth-order valence-corrected chi connectivity index (χ4v) is 4.61. The van der Waals surface area contributed by atoms with Crippen molar-refractivity contribution in [3.05, 3.63) is 53.7 Å². The zero-order valence-corrected chi connectivity index (χ0v) is 14.6. The predicted molar refractivity (Wildman–Crippen MR) is 95.3 cm³/mol. The standard InChI is InChI=1S/C19H25NO2S/c1-23(21,22)20-15-18(16-10-7-5-8-11-16)14-17-12-6-3-2-4-9-13-19(17)20/h5,7-8,10-12,15,19H,2-4,6,9,13-14H2,1H3/b17-12-. The molecule has 23 heavy (non-hydrogen) atoms. The summed E-state index contributed by atoms with van der Waals surface area (Å²) in [5.74, 6) is 0. The third kappa shape index (κ3) is 3.86. The van der Waals surface area contributed by atoms with Gasteiger partial charge in [-0.2, -0.15) is 0 Å². The minimum absolute atomic E-state index is 0.00978. The minimum Gasteiger partial charge on any atom is -0.270 e. The van der Waals surface area contributed by atoms with E-state index in [2.05, 4.69) is 18.2 Å². The molecule has 3 nitrogen and oxygen atoms in total. The molecule has 0 saturated heterocycles. The molecule has 1 heterocycles. The van der Waals surface area contributed by atoms with Crippen LogP contribution in [0.5, 0.6) is 0 Å².